The quantitative estimate of drug-likeness (QED) is 0.361. The second-order valence-corrected chi connectivity index (χ2v) is 3.40. The number of hydrogen-bond donors (Lipinski definition) is 0. The third-order valence-electron chi connectivity index (χ3n) is 1.85. The third-order valence-corrected chi connectivity index (χ3v) is 2.10. The van der Waals surface area contributed by atoms with Crippen LogP contribution in [0.1, 0.15) is 5.56 Å². The molecule has 0 N–H and O–H groups in total. The first kappa shape index (κ1) is 11.1. The minimum atomic E-state index is 0.0812. The lowest BCUT2D eigenvalue weighted by Gasteiger charge is -1.94. The van der Waals surface area contributed by atoms with E-state index in [0.717, 1.165) is 5.56 Å². The molecule has 0 saturated heterocycles. The molecule has 7 nitrogen and oxygen atoms in total. The number of aromatic nitrogens is 3. The fourth-order valence-electron chi connectivity index (χ4n) is 1.09. The van der Waals surface area contributed by atoms with E-state index >= 15 is 0 Å². The fraction of sp³-hybridized carbons (Fsp3) is 0. The number of azide groups is 1. The zero-order chi connectivity index (χ0) is 12.1. The zero-order valence-electron chi connectivity index (χ0n) is 8.47. The van der Waals surface area contributed by atoms with E-state index in [4.69, 9.17) is 17.1 Å². The Bertz CT molecular complexity index is 580. The Labute approximate surface area is 101 Å². The van der Waals surface area contributed by atoms with Crippen molar-refractivity contribution in [1.82, 2.24) is 14.9 Å². The van der Waals surface area contributed by atoms with Gasteiger partial charge in [-0.2, -0.15) is 9.78 Å². The lowest BCUT2D eigenvalue weighted by molar-refractivity contribution is 0.876. The molecule has 1 aromatic carbocycles. The van der Waals surface area contributed by atoms with Crippen LogP contribution in [0.2, 0.25) is 5.02 Å². The summed E-state index contributed by atoms with van der Waals surface area (Å²) in [5, 5.41) is 15.2. The maximum Gasteiger partial charge on any atom is 0.241 e. The van der Waals surface area contributed by atoms with E-state index in [2.05, 4.69) is 25.3 Å². The van der Waals surface area contributed by atoms with Gasteiger partial charge in [0.2, 0.25) is 5.95 Å². The van der Waals surface area contributed by atoms with Crippen molar-refractivity contribution in [3.8, 4) is 0 Å². The molecule has 2 aromatic rings. The monoisotopic (exact) mass is 247 g/mol. The Morgan fingerprint density at radius 2 is 2.12 bits per heavy atom. The van der Waals surface area contributed by atoms with Gasteiger partial charge in [-0.3, -0.25) is 0 Å². The molecule has 0 unspecified atom stereocenters. The smallest absolute Gasteiger partial charge is 0.198 e. The molecule has 1 heterocycles. The van der Waals surface area contributed by atoms with Crippen LogP contribution in [0.25, 0.3) is 10.4 Å². The lowest BCUT2D eigenvalue weighted by Crippen LogP contribution is -1.88. The van der Waals surface area contributed by atoms with E-state index in [0.29, 0.717) is 5.02 Å². The highest BCUT2D eigenvalue weighted by atomic mass is 35.5. The molecule has 0 radical (unpaired) electrons. The van der Waals surface area contributed by atoms with Gasteiger partial charge >= 0.3 is 0 Å². The summed E-state index contributed by atoms with van der Waals surface area (Å²) in [6.07, 6.45) is 2.92. The molecular formula is C9H6ClN7. The van der Waals surface area contributed by atoms with Gasteiger partial charge in [0.1, 0.15) is 6.33 Å². The minimum absolute atomic E-state index is 0.0812. The van der Waals surface area contributed by atoms with Gasteiger partial charge in [-0.25, -0.2) is 0 Å². The van der Waals surface area contributed by atoms with Crippen molar-refractivity contribution in [2.24, 2.45) is 10.2 Å². The Morgan fingerprint density at radius 1 is 1.35 bits per heavy atom. The summed E-state index contributed by atoms with van der Waals surface area (Å²) in [6, 6.07) is 7.12. The van der Waals surface area contributed by atoms with Gasteiger partial charge in [0.05, 0.1) is 6.21 Å². The summed E-state index contributed by atoms with van der Waals surface area (Å²) in [7, 11) is 0. The SMILES string of the molecule is [N-]=[N+]=Nc1nncn1/N=C/c1ccc(Cl)cc1. The van der Waals surface area contributed by atoms with Crippen molar-refractivity contribution in [3.05, 3.63) is 51.6 Å². The van der Waals surface area contributed by atoms with Crippen LogP contribution in [0.5, 0.6) is 0 Å². The maximum absolute atomic E-state index is 8.29. The average Bonchev–Trinajstić information content (AvgIpc) is 2.77. The minimum Gasteiger partial charge on any atom is -0.198 e. The van der Waals surface area contributed by atoms with Crippen LogP contribution in [-0.4, -0.2) is 21.1 Å². The molecule has 0 fully saturated rings. The molecule has 0 spiro atoms. The highest BCUT2D eigenvalue weighted by Gasteiger charge is 1.98. The number of nitrogens with zero attached hydrogens (tertiary/aromatic N) is 7. The van der Waals surface area contributed by atoms with Crippen LogP contribution < -0.4 is 0 Å². The second kappa shape index (κ2) is 5.11. The molecule has 0 aliphatic rings. The lowest BCUT2D eigenvalue weighted by atomic mass is 10.2. The van der Waals surface area contributed by atoms with E-state index in [9.17, 15) is 0 Å². The van der Waals surface area contributed by atoms with Crippen LogP contribution in [0.4, 0.5) is 5.95 Å². The van der Waals surface area contributed by atoms with E-state index in [1.165, 1.54) is 11.0 Å². The topological polar surface area (TPSA) is 91.8 Å². The summed E-state index contributed by atoms with van der Waals surface area (Å²) in [5.74, 6) is 0.0812. The average molecular weight is 248 g/mol. The number of hydrogen-bond acceptors (Lipinski definition) is 4. The summed E-state index contributed by atoms with van der Waals surface area (Å²) in [5.41, 5.74) is 9.15. The van der Waals surface area contributed by atoms with Crippen LogP contribution in [0, 0.1) is 0 Å². The molecule has 0 aliphatic heterocycles. The van der Waals surface area contributed by atoms with Crippen LogP contribution >= 0.6 is 11.6 Å². The first-order valence-corrected chi connectivity index (χ1v) is 4.92. The molecule has 0 aliphatic carbocycles. The van der Waals surface area contributed by atoms with E-state index in [1.54, 1.807) is 18.3 Å². The molecule has 8 heteroatoms. The van der Waals surface area contributed by atoms with Crippen LogP contribution in [-0.2, 0) is 0 Å². The maximum atomic E-state index is 8.29. The van der Waals surface area contributed by atoms with Crippen LogP contribution in [0.3, 0.4) is 0 Å². The van der Waals surface area contributed by atoms with E-state index < -0.39 is 0 Å². The van der Waals surface area contributed by atoms with Crippen molar-refractivity contribution >= 4 is 23.8 Å². The van der Waals surface area contributed by atoms with Gasteiger partial charge in [-0.15, -0.1) is 10.2 Å². The summed E-state index contributed by atoms with van der Waals surface area (Å²) in [4.78, 5) is 2.62. The fourth-order valence-corrected chi connectivity index (χ4v) is 1.21. The Kier molecular flexibility index (Phi) is 3.34. The first-order valence-electron chi connectivity index (χ1n) is 4.54. The molecular weight excluding hydrogens is 242 g/mol. The molecule has 2 rings (SSSR count). The Balaban J connectivity index is 2.22. The molecule has 17 heavy (non-hydrogen) atoms. The van der Waals surface area contributed by atoms with Crippen molar-refractivity contribution < 1.29 is 0 Å². The molecule has 1 aromatic heterocycles. The predicted molar refractivity (Wildman–Crippen MR) is 63.3 cm³/mol. The largest absolute Gasteiger partial charge is 0.241 e. The highest BCUT2D eigenvalue weighted by molar-refractivity contribution is 6.30. The van der Waals surface area contributed by atoms with Crippen molar-refractivity contribution in [2.45, 2.75) is 0 Å². The van der Waals surface area contributed by atoms with Gasteiger partial charge < -0.3 is 0 Å². The first-order chi connectivity index (χ1) is 8.29. The van der Waals surface area contributed by atoms with E-state index in [1.807, 2.05) is 12.1 Å². The second-order valence-electron chi connectivity index (χ2n) is 2.96. The molecule has 84 valence electrons. The molecule has 0 atom stereocenters. The normalized spacial score (nSPS) is 10.4. The highest BCUT2D eigenvalue weighted by Crippen LogP contribution is 2.09. The van der Waals surface area contributed by atoms with Gasteiger partial charge in [-0.1, -0.05) is 23.7 Å². The Morgan fingerprint density at radius 3 is 2.82 bits per heavy atom. The third kappa shape index (κ3) is 2.81. The molecule has 0 amide bonds. The number of halogens is 1. The summed E-state index contributed by atoms with van der Waals surface area (Å²) < 4.78 is 1.27. The number of rotatable bonds is 3. The molecule has 0 saturated carbocycles. The zero-order valence-corrected chi connectivity index (χ0v) is 9.23. The van der Waals surface area contributed by atoms with Gasteiger partial charge in [0, 0.05) is 9.93 Å². The predicted octanol–water partition coefficient (Wildman–Crippen LogP) is 2.76. The van der Waals surface area contributed by atoms with Crippen LogP contribution in [0.15, 0.2) is 40.8 Å². The van der Waals surface area contributed by atoms with Gasteiger partial charge in [-0.05, 0) is 28.3 Å². The standard InChI is InChI=1S/C9H6ClN7/c10-8-3-1-7(2-4-8)5-13-17-6-12-14-9(17)15-16-11/h1-6H/b13-5+. The van der Waals surface area contributed by atoms with Crippen molar-refractivity contribution in [1.29, 1.82) is 0 Å². The number of benzene rings is 1. The van der Waals surface area contributed by atoms with E-state index in [-0.39, 0.29) is 5.95 Å². The van der Waals surface area contributed by atoms with Crippen molar-refractivity contribution in [3.63, 3.8) is 0 Å². The van der Waals surface area contributed by atoms with Gasteiger partial charge in [0.25, 0.3) is 0 Å². The van der Waals surface area contributed by atoms with Gasteiger partial charge in [0.15, 0.2) is 0 Å². The summed E-state index contributed by atoms with van der Waals surface area (Å²) in [6.45, 7) is 0. The Hall–Kier alpha value is -2.37. The molecule has 0 bridgehead atoms. The summed E-state index contributed by atoms with van der Waals surface area (Å²) >= 11 is 5.75. The van der Waals surface area contributed by atoms with Crippen molar-refractivity contribution in [2.75, 3.05) is 0 Å².